The molecular weight excluding hydrogens is 324 g/mol. The lowest BCUT2D eigenvalue weighted by Gasteiger charge is -2.05. The van der Waals surface area contributed by atoms with Crippen LogP contribution >= 0.6 is 0 Å². The molecule has 0 unspecified atom stereocenters. The molecule has 0 atom stereocenters. The van der Waals surface area contributed by atoms with Crippen LogP contribution in [-0.4, -0.2) is 10.9 Å². The molecule has 1 aromatic heterocycles. The van der Waals surface area contributed by atoms with Crippen LogP contribution in [-0.2, 0) is 0 Å². The molecule has 0 bridgehead atoms. The number of furan rings is 1. The number of rotatable bonds is 2. The number of aliphatic hydroxyl groups excluding tert-OH is 1. The van der Waals surface area contributed by atoms with E-state index in [4.69, 9.17) is 9.52 Å². The molecular formula is C23H14O3. The monoisotopic (exact) mass is 338 g/mol. The zero-order valence-corrected chi connectivity index (χ0v) is 13.8. The summed E-state index contributed by atoms with van der Waals surface area (Å²) in [6.07, 6.45) is 1.96. The van der Waals surface area contributed by atoms with Crippen molar-refractivity contribution in [1.82, 2.24) is 0 Å². The van der Waals surface area contributed by atoms with Gasteiger partial charge in [0.2, 0.25) is 0 Å². The molecule has 124 valence electrons. The fraction of sp³-hybridized carbons (Fsp3) is 0. The molecule has 0 amide bonds. The van der Waals surface area contributed by atoms with Crippen molar-refractivity contribution in [1.29, 1.82) is 0 Å². The molecule has 0 aliphatic carbocycles. The van der Waals surface area contributed by atoms with Crippen LogP contribution in [0.3, 0.4) is 0 Å². The Hall–Kier alpha value is -3.59. The molecule has 1 N–H and O–H groups in total. The van der Waals surface area contributed by atoms with Crippen LogP contribution in [0, 0.1) is 0 Å². The van der Waals surface area contributed by atoms with Gasteiger partial charge >= 0.3 is 0 Å². The molecule has 3 nitrogen and oxygen atoms in total. The quantitative estimate of drug-likeness (QED) is 0.239. The summed E-state index contributed by atoms with van der Waals surface area (Å²) in [4.78, 5) is 12.5. The first-order chi connectivity index (χ1) is 12.8. The molecule has 3 heteroatoms. The van der Waals surface area contributed by atoms with Crippen molar-refractivity contribution in [2.75, 3.05) is 0 Å². The van der Waals surface area contributed by atoms with Crippen LogP contribution < -0.4 is 0 Å². The maximum absolute atomic E-state index is 12.5. The molecule has 26 heavy (non-hydrogen) atoms. The van der Waals surface area contributed by atoms with E-state index in [0.29, 0.717) is 5.56 Å². The van der Waals surface area contributed by atoms with Gasteiger partial charge in [-0.2, -0.15) is 0 Å². The summed E-state index contributed by atoms with van der Waals surface area (Å²) in [6.45, 7) is 0. The summed E-state index contributed by atoms with van der Waals surface area (Å²) < 4.78 is 6.19. The highest BCUT2D eigenvalue weighted by Crippen LogP contribution is 2.39. The maximum Gasteiger partial charge on any atom is 0.189 e. The summed E-state index contributed by atoms with van der Waals surface area (Å²) in [6, 6.07) is 21.7. The third-order valence-electron chi connectivity index (χ3n) is 4.86. The Labute approximate surface area is 148 Å². The Morgan fingerprint density at radius 3 is 2.38 bits per heavy atom. The van der Waals surface area contributed by atoms with E-state index in [1.807, 2.05) is 54.6 Å². The second kappa shape index (κ2) is 5.46. The molecule has 4 aromatic carbocycles. The van der Waals surface area contributed by atoms with Crippen molar-refractivity contribution in [3.8, 4) is 0 Å². The highest BCUT2D eigenvalue weighted by molar-refractivity contribution is 6.27. The largest absolute Gasteiger partial charge is 0.515 e. The Morgan fingerprint density at radius 1 is 0.846 bits per heavy atom. The molecule has 0 aliphatic heterocycles. The van der Waals surface area contributed by atoms with Crippen molar-refractivity contribution in [2.24, 2.45) is 0 Å². The van der Waals surface area contributed by atoms with Crippen molar-refractivity contribution in [3.05, 3.63) is 84.6 Å². The van der Waals surface area contributed by atoms with E-state index >= 15 is 0 Å². The van der Waals surface area contributed by atoms with Gasteiger partial charge in [0, 0.05) is 27.8 Å². The van der Waals surface area contributed by atoms with Crippen LogP contribution in [0.1, 0.15) is 10.4 Å². The van der Waals surface area contributed by atoms with Gasteiger partial charge in [-0.15, -0.1) is 0 Å². The molecule has 0 saturated heterocycles. The Morgan fingerprint density at radius 2 is 1.58 bits per heavy atom. The van der Waals surface area contributed by atoms with Gasteiger partial charge in [0.25, 0.3) is 0 Å². The normalized spacial score (nSPS) is 12.0. The number of carbonyl (C=O) groups is 1. The fourth-order valence-corrected chi connectivity index (χ4v) is 3.73. The lowest BCUT2D eigenvalue weighted by atomic mass is 9.96. The SMILES string of the molecule is O=C(C=CO)c1cc2c(oc3ccc4ccccc4c32)c2ccccc12. The van der Waals surface area contributed by atoms with Crippen LogP contribution in [0.2, 0.25) is 0 Å². The Bertz CT molecular complexity index is 1360. The summed E-state index contributed by atoms with van der Waals surface area (Å²) in [7, 11) is 0. The van der Waals surface area contributed by atoms with E-state index in [9.17, 15) is 4.79 Å². The second-order valence-electron chi connectivity index (χ2n) is 6.29. The highest BCUT2D eigenvalue weighted by atomic mass is 16.3. The van der Waals surface area contributed by atoms with E-state index in [1.165, 1.54) is 6.08 Å². The first kappa shape index (κ1) is 14.7. The third-order valence-corrected chi connectivity index (χ3v) is 4.86. The number of fused-ring (bicyclic) bond motifs is 7. The van der Waals surface area contributed by atoms with Gasteiger partial charge < -0.3 is 9.52 Å². The second-order valence-corrected chi connectivity index (χ2v) is 6.29. The number of allylic oxidation sites excluding steroid dienone is 1. The van der Waals surface area contributed by atoms with Gasteiger partial charge in [0.1, 0.15) is 11.2 Å². The zero-order valence-electron chi connectivity index (χ0n) is 13.8. The number of hydrogen-bond acceptors (Lipinski definition) is 3. The van der Waals surface area contributed by atoms with Crippen LogP contribution in [0.15, 0.2) is 83.5 Å². The first-order valence-corrected chi connectivity index (χ1v) is 8.39. The zero-order chi connectivity index (χ0) is 17.7. The summed E-state index contributed by atoms with van der Waals surface area (Å²) >= 11 is 0. The number of carbonyl (C=O) groups excluding carboxylic acids is 1. The number of benzene rings is 4. The molecule has 1 heterocycles. The minimum Gasteiger partial charge on any atom is -0.515 e. The van der Waals surface area contributed by atoms with Gasteiger partial charge in [0.15, 0.2) is 5.78 Å². The average molecular weight is 338 g/mol. The van der Waals surface area contributed by atoms with Crippen molar-refractivity contribution in [2.45, 2.75) is 0 Å². The highest BCUT2D eigenvalue weighted by Gasteiger charge is 2.17. The molecule has 0 aliphatic rings. The summed E-state index contributed by atoms with van der Waals surface area (Å²) in [5.74, 6) is -0.236. The fourth-order valence-electron chi connectivity index (χ4n) is 3.73. The van der Waals surface area contributed by atoms with Gasteiger partial charge in [-0.3, -0.25) is 4.79 Å². The molecule has 0 saturated carbocycles. The summed E-state index contributed by atoms with van der Waals surface area (Å²) in [5, 5.41) is 14.9. The summed E-state index contributed by atoms with van der Waals surface area (Å²) in [5.41, 5.74) is 2.12. The van der Waals surface area contributed by atoms with Crippen molar-refractivity contribution in [3.63, 3.8) is 0 Å². The lowest BCUT2D eigenvalue weighted by Crippen LogP contribution is -1.96. The lowest BCUT2D eigenvalue weighted by molar-refractivity contribution is 0.104. The number of ketones is 1. The van der Waals surface area contributed by atoms with Gasteiger partial charge in [0.05, 0.1) is 6.26 Å². The van der Waals surface area contributed by atoms with Gasteiger partial charge in [-0.05, 0) is 28.3 Å². The van der Waals surface area contributed by atoms with Crippen molar-refractivity contribution < 1.29 is 14.3 Å². The predicted octanol–water partition coefficient (Wildman–Crippen LogP) is 6.15. The smallest absolute Gasteiger partial charge is 0.189 e. The topological polar surface area (TPSA) is 50.4 Å². The minimum absolute atomic E-state index is 0.236. The van der Waals surface area contributed by atoms with E-state index in [1.54, 1.807) is 0 Å². The van der Waals surface area contributed by atoms with Crippen LogP contribution in [0.4, 0.5) is 0 Å². The number of aliphatic hydroxyl groups is 1. The van der Waals surface area contributed by atoms with Gasteiger partial charge in [-0.25, -0.2) is 0 Å². The van der Waals surface area contributed by atoms with Crippen molar-refractivity contribution >= 4 is 49.3 Å². The van der Waals surface area contributed by atoms with Gasteiger partial charge in [-0.1, -0.05) is 54.6 Å². The van der Waals surface area contributed by atoms with E-state index in [2.05, 4.69) is 12.1 Å². The molecule has 5 aromatic rings. The maximum atomic E-state index is 12.5. The van der Waals surface area contributed by atoms with Crippen LogP contribution in [0.5, 0.6) is 0 Å². The predicted molar refractivity (Wildman–Crippen MR) is 105 cm³/mol. The Kier molecular flexibility index (Phi) is 3.09. The first-order valence-electron chi connectivity index (χ1n) is 8.39. The molecule has 5 rings (SSSR count). The van der Waals surface area contributed by atoms with E-state index in [0.717, 1.165) is 49.7 Å². The molecule has 0 radical (unpaired) electrons. The molecule has 0 spiro atoms. The third kappa shape index (κ3) is 1.97. The minimum atomic E-state index is -0.236. The van der Waals surface area contributed by atoms with E-state index < -0.39 is 0 Å². The Balaban J connectivity index is 2.04. The van der Waals surface area contributed by atoms with Crippen LogP contribution in [0.25, 0.3) is 43.5 Å². The molecule has 0 fully saturated rings. The average Bonchev–Trinajstić information content (AvgIpc) is 3.07. The standard InChI is InChI=1S/C23H14O3/c24-12-11-20(25)18-13-19-22-15-6-2-1-5-14(15)9-10-21(22)26-23(19)17-8-4-3-7-16(17)18/h1-13,24H. The van der Waals surface area contributed by atoms with E-state index in [-0.39, 0.29) is 5.78 Å². The number of hydrogen-bond donors (Lipinski definition) is 1.